The fraction of sp³-hybridized carbons (Fsp3) is 0.211. The lowest BCUT2D eigenvalue weighted by Gasteiger charge is -2.15. The van der Waals surface area contributed by atoms with Gasteiger partial charge in [0.15, 0.2) is 0 Å². The van der Waals surface area contributed by atoms with Crippen LogP contribution in [-0.4, -0.2) is 23.5 Å². The van der Waals surface area contributed by atoms with E-state index >= 15 is 0 Å². The van der Waals surface area contributed by atoms with E-state index in [0.29, 0.717) is 17.8 Å². The summed E-state index contributed by atoms with van der Waals surface area (Å²) in [6.07, 6.45) is 3.15. The topological polar surface area (TPSA) is 83.1 Å². The molecule has 0 aliphatic carbocycles. The maximum absolute atomic E-state index is 12.1. The molecular formula is C19H22N4O2. The average molecular weight is 338 g/mol. The number of aromatic nitrogens is 1. The van der Waals surface area contributed by atoms with E-state index in [1.165, 1.54) is 0 Å². The van der Waals surface area contributed by atoms with Crippen LogP contribution < -0.4 is 16.0 Å². The fourth-order valence-corrected chi connectivity index (χ4v) is 2.12. The molecule has 130 valence electrons. The Morgan fingerprint density at radius 2 is 1.76 bits per heavy atom. The molecule has 1 aromatic heterocycles. The number of benzene rings is 1. The van der Waals surface area contributed by atoms with Gasteiger partial charge in [-0.2, -0.15) is 0 Å². The van der Waals surface area contributed by atoms with Crippen LogP contribution in [0.15, 0.2) is 60.9 Å². The molecule has 0 aliphatic heterocycles. The molecular weight excluding hydrogens is 316 g/mol. The summed E-state index contributed by atoms with van der Waals surface area (Å²) in [5.74, 6) is -0.194. The molecule has 0 spiro atoms. The molecule has 1 heterocycles. The van der Waals surface area contributed by atoms with Crippen molar-refractivity contribution in [1.29, 1.82) is 0 Å². The van der Waals surface area contributed by atoms with Crippen molar-refractivity contribution in [2.45, 2.75) is 19.9 Å². The first kappa shape index (κ1) is 18.2. The number of nitrogens with zero attached hydrogens (tertiary/aromatic N) is 1. The number of hydrogen-bond acceptors (Lipinski definition) is 3. The zero-order valence-electron chi connectivity index (χ0n) is 14.4. The van der Waals surface area contributed by atoms with Crippen LogP contribution in [0.4, 0.5) is 10.5 Å². The van der Waals surface area contributed by atoms with Crippen molar-refractivity contribution >= 4 is 17.6 Å². The van der Waals surface area contributed by atoms with Crippen LogP contribution in [0.3, 0.4) is 0 Å². The van der Waals surface area contributed by atoms with Crippen LogP contribution >= 0.6 is 0 Å². The summed E-state index contributed by atoms with van der Waals surface area (Å²) < 4.78 is 0. The summed E-state index contributed by atoms with van der Waals surface area (Å²) in [6.45, 7) is 7.93. The zero-order chi connectivity index (χ0) is 18.2. The van der Waals surface area contributed by atoms with E-state index in [9.17, 15) is 9.59 Å². The van der Waals surface area contributed by atoms with Gasteiger partial charge in [0.2, 0.25) is 0 Å². The number of rotatable bonds is 6. The minimum Gasteiger partial charge on any atom is -0.334 e. The molecule has 3 N–H and O–H groups in total. The molecule has 0 saturated heterocycles. The normalized spacial score (nSPS) is 11.3. The molecule has 0 saturated carbocycles. The van der Waals surface area contributed by atoms with E-state index in [-0.39, 0.29) is 18.0 Å². The smallest absolute Gasteiger partial charge is 0.315 e. The highest BCUT2D eigenvalue weighted by atomic mass is 16.2. The standard InChI is InChI=1S/C19H22N4O2/c1-13(2)12-21-19(25)22-14(3)15-4-6-17(7-5-15)23-18(24)16-8-10-20-11-9-16/h4-11,14H,1,12H2,2-3H3,(H,23,24)(H2,21,22,25). The highest BCUT2D eigenvalue weighted by Crippen LogP contribution is 2.16. The molecule has 0 aliphatic rings. The molecule has 0 bridgehead atoms. The number of amides is 3. The maximum atomic E-state index is 12.1. The molecule has 0 fully saturated rings. The molecule has 1 atom stereocenters. The summed E-state index contributed by atoms with van der Waals surface area (Å²) in [4.78, 5) is 27.8. The minimum absolute atomic E-state index is 0.157. The van der Waals surface area contributed by atoms with E-state index in [1.807, 2.05) is 26.0 Å². The van der Waals surface area contributed by atoms with Gasteiger partial charge in [0, 0.05) is 30.2 Å². The van der Waals surface area contributed by atoms with E-state index in [1.54, 1.807) is 36.7 Å². The van der Waals surface area contributed by atoms with Crippen LogP contribution in [0.25, 0.3) is 0 Å². The molecule has 0 radical (unpaired) electrons. The summed E-state index contributed by atoms with van der Waals surface area (Å²) in [5.41, 5.74) is 3.05. The van der Waals surface area contributed by atoms with Crippen molar-refractivity contribution in [3.05, 3.63) is 72.1 Å². The van der Waals surface area contributed by atoms with Gasteiger partial charge in [0.05, 0.1) is 6.04 Å². The Balaban J connectivity index is 1.91. The van der Waals surface area contributed by atoms with Crippen molar-refractivity contribution in [1.82, 2.24) is 15.6 Å². The highest BCUT2D eigenvalue weighted by molar-refractivity contribution is 6.04. The van der Waals surface area contributed by atoms with E-state index in [0.717, 1.165) is 11.1 Å². The van der Waals surface area contributed by atoms with E-state index in [2.05, 4.69) is 27.5 Å². The summed E-state index contributed by atoms with van der Waals surface area (Å²) in [5, 5.41) is 8.40. The average Bonchev–Trinajstić information content (AvgIpc) is 2.61. The molecule has 1 unspecified atom stereocenters. The number of nitrogens with one attached hydrogen (secondary N) is 3. The summed E-state index contributed by atoms with van der Waals surface area (Å²) in [6, 6.07) is 10.2. The maximum Gasteiger partial charge on any atom is 0.315 e. The summed E-state index contributed by atoms with van der Waals surface area (Å²) >= 11 is 0. The SMILES string of the molecule is C=C(C)CNC(=O)NC(C)c1ccc(NC(=O)c2ccncc2)cc1. The lowest BCUT2D eigenvalue weighted by Crippen LogP contribution is -2.37. The Bertz CT molecular complexity index is 742. The number of carbonyl (C=O) groups is 2. The van der Waals surface area contributed by atoms with Gasteiger partial charge in [-0.1, -0.05) is 24.3 Å². The molecule has 2 aromatic rings. The number of hydrogen-bond donors (Lipinski definition) is 3. The number of anilines is 1. The predicted molar refractivity (Wildman–Crippen MR) is 98.4 cm³/mol. The Morgan fingerprint density at radius 3 is 2.36 bits per heavy atom. The van der Waals surface area contributed by atoms with Crippen LogP contribution in [0.2, 0.25) is 0 Å². The zero-order valence-corrected chi connectivity index (χ0v) is 14.4. The van der Waals surface area contributed by atoms with Gasteiger partial charge in [0.1, 0.15) is 0 Å². The van der Waals surface area contributed by atoms with Crippen LogP contribution in [0.5, 0.6) is 0 Å². The largest absolute Gasteiger partial charge is 0.334 e. The van der Waals surface area contributed by atoms with Gasteiger partial charge in [-0.25, -0.2) is 4.79 Å². The third-order valence-corrected chi connectivity index (χ3v) is 3.51. The van der Waals surface area contributed by atoms with E-state index in [4.69, 9.17) is 0 Å². The van der Waals surface area contributed by atoms with Gasteiger partial charge in [-0.05, 0) is 43.7 Å². The van der Waals surface area contributed by atoms with Crippen LogP contribution in [-0.2, 0) is 0 Å². The molecule has 6 heteroatoms. The number of urea groups is 1. The van der Waals surface area contributed by atoms with Crippen molar-refractivity contribution in [2.24, 2.45) is 0 Å². The summed E-state index contributed by atoms with van der Waals surface area (Å²) in [7, 11) is 0. The Hall–Kier alpha value is -3.15. The van der Waals surface area contributed by atoms with Gasteiger partial charge in [-0.3, -0.25) is 9.78 Å². The monoisotopic (exact) mass is 338 g/mol. The molecule has 2 rings (SSSR count). The van der Waals surface area contributed by atoms with Crippen molar-refractivity contribution in [3.63, 3.8) is 0 Å². The fourth-order valence-electron chi connectivity index (χ4n) is 2.12. The Kier molecular flexibility index (Phi) is 6.28. The number of pyridine rings is 1. The van der Waals surface area contributed by atoms with Gasteiger partial charge in [0.25, 0.3) is 5.91 Å². The van der Waals surface area contributed by atoms with Crippen molar-refractivity contribution in [2.75, 3.05) is 11.9 Å². The lowest BCUT2D eigenvalue weighted by atomic mass is 10.1. The van der Waals surface area contributed by atoms with Crippen LogP contribution in [0, 0.1) is 0 Å². The van der Waals surface area contributed by atoms with E-state index < -0.39 is 0 Å². The third kappa shape index (κ3) is 5.76. The van der Waals surface area contributed by atoms with Gasteiger partial charge >= 0.3 is 6.03 Å². The predicted octanol–water partition coefficient (Wildman–Crippen LogP) is 3.27. The molecule has 1 aromatic carbocycles. The third-order valence-electron chi connectivity index (χ3n) is 3.51. The second-order valence-corrected chi connectivity index (χ2v) is 5.82. The Morgan fingerprint density at radius 1 is 1.12 bits per heavy atom. The van der Waals surface area contributed by atoms with Crippen molar-refractivity contribution < 1.29 is 9.59 Å². The molecule has 3 amide bonds. The first-order chi connectivity index (χ1) is 12.0. The first-order valence-corrected chi connectivity index (χ1v) is 7.96. The lowest BCUT2D eigenvalue weighted by molar-refractivity contribution is 0.102. The molecule has 25 heavy (non-hydrogen) atoms. The highest BCUT2D eigenvalue weighted by Gasteiger charge is 2.10. The second-order valence-electron chi connectivity index (χ2n) is 5.82. The molecule has 6 nitrogen and oxygen atoms in total. The van der Waals surface area contributed by atoms with Crippen LogP contribution in [0.1, 0.15) is 35.8 Å². The number of carbonyl (C=O) groups excluding carboxylic acids is 2. The first-order valence-electron chi connectivity index (χ1n) is 7.96. The van der Waals surface area contributed by atoms with Gasteiger partial charge in [-0.15, -0.1) is 0 Å². The Labute approximate surface area is 147 Å². The van der Waals surface area contributed by atoms with Gasteiger partial charge < -0.3 is 16.0 Å². The second kappa shape index (κ2) is 8.63. The quantitative estimate of drug-likeness (QED) is 0.707. The van der Waals surface area contributed by atoms with Crippen molar-refractivity contribution in [3.8, 4) is 0 Å². The minimum atomic E-state index is -0.245.